The monoisotopic (exact) mass is 334 g/mol. The fourth-order valence-corrected chi connectivity index (χ4v) is 2.30. The van der Waals surface area contributed by atoms with E-state index in [0.717, 1.165) is 19.4 Å². The average molecular weight is 335 g/mol. The first-order valence-corrected chi connectivity index (χ1v) is 7.04. The van der Waals surface area contributed by atoms with Crippen LogP contribution in [0.25, 0.3) is 0 Å². The minimum absolute atomic E-state index is 0. The highest BCUT2D eigenvalue weighted by atomic mass is 35.5. The van der Waals surface area contributed by atoms with E-state index in [-0.39, 0.29) is 24.4 Å². The summed E-state index contributed by atoms with van der Waals surface area (Å²) in [6, 6.07) is 5.11. The molecule has 0 aliphatic carbocycles. The van der Waals surface area contributed by atoms with Crippen LogP contribution in [0.2, 0.25) is 5.02 Å². The van der Waals surface area contributed by atoms with Crippen molar-refractivity contribution in [2.75, 3.05) is 32.2 Å². The minimum Gasteiger partial charge on any atom is -0.490 e. The van der Waals surface area contributed by atoms with Gasteiger partial charge in [0.2, 0.25) is 5.91 Å². The highest BCUT2D eigenvalue weighted by Gasteiger charge is 2.22. The third-order valence-corrected chi connectivity index (χ3v) is 3.42. The average Bonchev–Trinajstić information content (AvgIpc) is 2.95. The van der Waals surface area contributed by atoms with E-state index in [4.69, 9.17) is 21.1 Å². The molecule has 0 saturated carbocycles. The molecule has 1 saturated heterocycles. The molecule has 2 N–H and O–H groups in total. The van der Waals surface area contributed by atoms with E-state index in [2.05, 4.69) is 10.6 Å². The Morgan fingerprint density at radius 2 is 2.29 bits per heavy atom. The van der Waals surface area contributed by atoms with Gasteiger partial charge in [0.1, 0.15) is 12.4 Å². The van der Waals surface area contributed by atoms with E-state index in [9.17, 15) is 4.79 Å². The van der Waals surface area contributed by atoms with Gasteiger partial charge in [0.05, 0.1) is 17.7 Å². The van der Waals surface area contributed by atoms with Crippen LogP contribution in [0.1, 0.15) is 12.8 Å². The summed E-state index contributed by atoms with van der Waals surface area (Å²) in [6.45, 7) is 1.83. The van der Waals surface area contributed by atoms with Gasteiger partial charge in [-0.1, -0.05) is 11.6 Å². The molecule has 2 rings (SSSR count). The largest absolute Gasteiger partial charge is 0.490 e. The standard InChI is InChI=1S/C14H19ClN2O3.ClH/c1-19-7-8-20-13-5-4-10(9-11(13)15)17-14(18)12-3-2-6-16-12;/h4-5,9,12,16H,2-3,6-8H2,1H3,(H,17,18);1H. The van der Waals surface area contributed by atoms with Crippen molar-refractivity contribution in [1.82, 2.24) is 5.32 Å². The predicted octanol–water partition coefficient (Wildman–Crippen LogP) is 2.48. The van der Waals surface area contributed by atoms with Crippen LogP contribution in [0.4, 0.5) is 5.69 Å². The molecule has 1 aliphatic rings. The number of nitrogens with one attached hydrogen (secondary N) is 2. The van der Waals surface area contributed by atoms with Crippen molar-refractivity contribution in [3.8, 4) is 5.75 Å². The summed E-state index contributed by atoms with van der Waals surface area (Å²) >= 11 is 6.12. The van der Waals surface area contributed by atoms with E-state index in [0.29, 0.717) is 29.7 Å². The van der Waals surface area contributed by atoms with Crippen LogP contribution in [0, 0.1) is 0 Å². The number of methoxy groups -OCH3 is 1. The Balaban J connectivity index is 0.00000220. The van der Waals surface area contributed by atoms with E-state index < -0.39 is 0 Å². The fraction of sp³-hybridized carbons (Fsp3) is 0.500. The lowest BCUT2D eigenvalue weighted by atomic mass is 10.2. The van der Waals surface area contributed by atoms with Gasteiger partial charge in [0.15, 0.2) is 0 Å². The number of carbonyl (C=O) groups excluding carboxylic acids is 1. The van der Waals surface area contributed by atoms with Crippen molar-refractivity contribution in [3.05, 3.63) is 23.2 Å². The van der Waals surface area contributed by atoms with Gasteiger partial charge in [-0.15, -0.1) is 12.4 Å². The number of rotatable bonds is 6. The molecule has 0 aromatic heterocycles. The molecule has 1 aromatic rings. The molecular weight excluding hydrogens is 315 g/mol. The molecule has 21 heavy (non-hydrogen) atoms. The maximum Gasteiger partial charge on any atom is 0.241 e. The van der Waals surface area contributed by atoms with Gasteiger partial charge < -0.3 is 20.1 Å². The number of carbonyl (C=O) groups is 1. The van der Waals surface area contributed by atoms with Gasteiger partial charge in [-0.25, -0.2) is 0 Å². The zero-order chi connectivity index (χ0) is 14.4. The smallest absolute Gasteiger partial charge is 0.241 e. The lowest BCUT2D eigenvalue weighted by molar-refractivity contribution is -0.117. The van der Waals surface area contributed by atoms with Crippen LogP contribution in [-0.2, 0) is 9.53 Å². The van der Waals surface area contributed by atoms with Crippen molar-refractivity contribution < 1.29 is 14.3 Å². The predicted molar refractivity (Wildman–Crippen MR) is 85.7 cm³/mol. The first-order chi connectivity index (χ1) is 9.70. The van der Waals surface area contributed by atoms with Gasteiger partial charge in [-0.3, -0.25) is 4.79 Å². The molecule has 1 amide bonds. The highest BCUT2D eigenvalue weighted by Crippen LogP contribution is 2.27. The first-order valence-electron chi connectivity index (χ1n) is 6.66. The zero-order valence-electron chi connectivity index (χ0n) is 11.9. The van der Waals surface area contributed by atoms with E-state index >= 15 is 0 Å². The van der Waals surface area contributed by atoms with Crippen molar-refractivity contribution in [2.24, 2.45) is 0 Å². The summed E-state index contributed by atoms with van der Waals surface area (Å²) in [5, 5.41) is 6.48. The minimum atomic E-state index is -0.105. The molecule has 7 heteroatoms. The Labute approximate surface area is 135 Å². The molecule has 1 heterocycles. The number of halogens is 2. The van der Waals surface area contributed by atoms with Crippen molar-refractivity contribution >= 4 is 35.6 Å². The van der Waals surface area contributed by atoms with Crippen molar-refractivity contribution in [2.45, 2.75) is 18.9 Å². The number of anilines is 1. The number of hydrogen-bond donors (Lipinski definition) is 2. The second kappa shape index (κ2) is 9.10. The van der Waals surface area contributed by atoms with Crippen LogP contribution < -0.4 is 15.4 Å². The second-order valence-corrected chi connectivity index (χ2v) is 5.03. The zero-order valence-corrected chi connectivity index (χ0v) is 13.4. The molecule has 1 aromatic carbocycles. The van der Waals surface area contributed by atoms with Crippen LogP contribution in [0.5, 0.6) is 5.75 Å². The third kappa shape index (κ3) is 5.36. The van der Waals surface area contributed by atoms with Crippen LogP contribution >= 0.6 is 24.0 Å². The highest BCUT2D eigenvalue weighted by molar-refractivity contribution is 6.32. The molecular formula is C14H20Cl2N2O3. The van der Waals surface area contributed by atoms with E-state index in [1.54, 1.807) is 25.3 Å². The SMILES string of the molecule is COCCOc1ccc(NC(=O)C2CCCN2)cc1Cl.Cl. The van der Waals surface area contributed by atoms with Crippen LogP contribution in [0.15, 0.2) is 18.2 Å². The Kier molecular flexibility index (Phi) is 7.82. The molecule has 0 spiro atoms. The summed E-state index contributed by atoms with van der Waals surface area (Å²) in [4.78, 5) is 12.0. The molecule has 118 valence electrons. The topological polar surface area (TPSA) is 59.6 Å². The Bertz CT molecular complexity index is 466. The Morgan fingerprint density at radius 3 is 2.90 bits per heavy atom. The summed E-state index contributed by atoms with van der Waals surface area (Å²) in [7, 11) is 1.61. The van der Waals surface area contributed by atoms with Gasteiger partial charge in [-0.2, -0.15) is 0 Å². The summed E-state index contributed by atoms with van der Waals surface area (Å²) in [5.74, 6) is 0.562. The molecule has 1 unspecified atom stereocenters. The fourth-order valence-electron chi connectivity index (χ4n) is 2.07. The molecule has 1 aliphatic heterocycles. The molecule has 0 radical (unpaired) electrons. The molecule has 0 bridgehead atoms. The Morgan fingerprint density at radius 1 is 1.48 bits per heavy atom. The van der Waals surface area contributed by atoms with Gasteiger partial charge in [-0.05, 0) is 37.6 Å². The van der Waals surface area contributed by atoms with Crippen molar-refractivity contribution in [3.63, 3.8) is 0 Å². The summed E-state index contributed by atoms with van der Waals surface area (Å²) in [6.07, 6.45) is 1.91. The quantitative estimate of drug-likeness (QED) is 0.784. The summed E-state index contributed by atoms with van der Waals surface area (Å²) in [5.41, 5.74) is 0.674. The normalized spacial score (nSPS) is 17.1. The van der Waals surface area contributed by atoms with Crippen LogP contribution in [-0.4, -0.2) is 38.8 Å². The number of amides is 1. The van der Waals surface area contributed by atoms with E-state index in [1.807, 2.05) is 0 Å². The number of benzene rings is 1. The third-order valence-electron chi connectivity index (χ3n) is 3.12. The second-order valence-electron chi connectivity index (χ2n) is 4.62. The lowest BCUT2D eigenvalue weighted by Crippen LogP contribution is -2.35. The van der Waals surface area contributed by atoms with Crippen LogP contribution in [0.3, 0.4) is 0 Å². The van der Waals surface area contributed by atoms with Gasteiger partial charge >= 0.3 is 0 Å². The molecule has 1 fully saturated rings. The Hall–Kier alpha value is -1.01. The molecule has 1 atom stereocenters. The lowest BCUT2D eigenvalue weighted by Gasteiger charge is -2.13. The maximum absolute atomic E-state index is 12.0. The van der Waals surface area contributed by atoms with E-state index in [1.165, 1.54) is 0 Å². The number of hydrogen-bond acceptors (Lipinski definition) is 4. The summed E-state index contributed by atoms with van der Waals surface area (Å²) < 4.78 is 10.4. The van der Waals surface area contributed by atoms with Gasteiger partial charge in [0.25, 0.3) is 0 Å². The van der Waals surface area contributed by atoms with Gasteiger partial charge in [0, 0.05) is 12.8 Å². The number of ether oxygens (including phenoxy) is 2. The molecule has 5 nitrogen and oxygen atoms in total. The first kappa shape index (κ1) is 18.0. The maximum atomic E-state index is 12.0. The van der Waals surface area contributed by atoms with Crippen molar-refractivity contribution in [1.29, 1.82) is 0 Å².